The van der Waals surface area contributed by atoms with Crippen molar-refractivity contribution in [2.45, 2.75) is 32.1 Å². The summed E-state index contributed by atoms with van der Waals surface area (Å²) in [5, 5.41) is 0. The number of aryl methyl sites for hydroxylation is 1. The van der Waals surface area contributed by atoms with Crippen LogP contribution in [0.5, 0.6) is 0 Å². The molecule has 6 heteroatoms. The van der Waals surface area contributed by atoms with Gasteiger partial charge in [0.25, 0.3) is 0 Å². The van der Waals surface area contributed by atoms with Gasteiger partial charge in [-0.2, -0.15) is 0 Å². The number of thiazole rings is 1. The lowest BCUT2D eigenvalue weighted by molar-refractivity contribution is -0.131. The first-order chi connectivity index (χ1) is 11.7. The van der Waals surface area contributed by atoms with Crippen LogP contribution in [0.15, 0.2) is 29.9 Å². The van der Waals surface area contributed by atoms with E-state index in [1.165, 1.54) is 16.9 Å². The minimum atomic E-state index is 0.191. The Hall–Kier alpha value is -2.21. The number of amides is 1. The van der Waals surface area contributed by atoms with Gasteiger partial charge >= 0.3 is 0 Å². The number of hydrogen-bond acceptors (Lipinski definition) is 4. The lowest BCUT2D eigenvalue weighted by atomic mass is 9.97. The third kappa shape index (κ3) is 3.06. The highest BCUT2D eigenvalue weighted by molar-refractivity contribution is 7.09. The molecular formula is C18H20N4OS. The molecule has 5 nitrogen and oxygen atoms in total. The molecule has 1 aliphatic heterocycles. The topological polar surface area (TPSA) is 61.9 Å². The van der Waals surface area contributed by atoms with Crippen LogP contribution in [-0.2, 0) is 11.2 Å². The quantitative estimate of drug-likeness (QED) is 0.796. The van der Waals surface area contributed by atoms with Crippen LogP contribution in [0.25, 0.3) is 11.0 Å². The average Bonchev–Trinajstić information content (AvgIpc) is 3.24. The molecule has 0 bridgehead atoms. The van der Waals surface area contributed by atoms with Gasteiger partial charge < -0.3 is 9.88 Å². The monoisotopic (exact) mass is 340 g/mol. The van der Waals surface area contributed by atoms with Gasteiger partial charge in [0, 0.05) is 30.1 Å². The van der Waals surface area contributed by atoms with Crippen LogP contribution in [-0.4, -0.2) is 38.8 Å². The van der Waals surface area contributed by atoms with E-state index in [0.29, 0.717) is 6.42 Å². The van der Waals surface area contributed by atoms with Gasteiger partial charge in [0.1, 0.15) is 5.82 Å². The van der Waals surface area contributed by atoms with Crippen LogP contribution in [0.2, 0.25) is 0 Å². The molecule has 4 rings (SSSR count). The Morgan fingerprint density at radius 1 is 1.46 bits per heavy atom. The van der Waals surface area contributed by atoms with E-state index in [0.717, 1.165) is 47.7 Å². The molecular weight excluding hydrogens is 320 g/mol. The Bertz CT molecular complexity index is 855. The molecule has 124 valence electrons. The molecule has 3 heterocycles. The van der Waals surface area contributed by atoms with Crippen molar-refractivity contribution in [3.8, 4) is 0 Å². The first kappa shape index (κ1) is 15.3. The summed E-state index contributed by atoms with van der Waals surface area (Å²) in [6.07, 6.45) is 4.33. The lowest BCUT2D eigenvalue weighted by Gasteiger charge is -2.31. The van der Waals surface area contributed by atoms with E-state index in [9.17, 15) is 4.79 Å². The van der Waals surface area contributed by atoms with Crippen LogP contribution >= 0.6 is 11.3 Å². The van der Waals surface area contributed by atoms with Crippen LogP contribution in [0.1, 0.15) is 35.0 Å². The number of carbonyl (C=O) groups is 1. The molecule has 1 aromatic carbocycles. The summed E-state index contributed by atoms with van der Waals surface area (Å²) in [6.45, 7) is 3.67. The Balaban J connectivity index is 1.50. The third-order valence-corrected chi connectivity index (χ3v) is 5.41. The number of nitrogens with zero attached hydrogens (tertiary/aromatic N) is 3. The summed E-state index contributed by atoms with van der Waals surface area (Å²) in [5.74, 6) is 1.48. The second-order valence-electron chi connectivity index (χ2n) is 6.47. The number of rotatable bonds is 3. The standard InChI is InChI=1S/C18H20N4OS/c1-12-4-5-15-16(7-12)21-18(20-15)13-3-2-6-22(10-13)17(23)8-14-9-19-11-24-14/h4-5,7,9,11,13H,2-3,6,8,10H2,1H3,(H,20,21). The first-order valence-electron chi connectivity index (χ1n) is 8.30. The Labute approximate surface area is 144 Å². The zero-order valence-corrected chi connectivity index (χ0v) is 14.5. The van der Waals surface area contributed by atoms with Gasteiger partial charge in [0.2, 0.25) is 5.91 Å². The largest absolute Gasteiger partial charge is 0.342 e. The molecule has 1 unspecified atom stereocenters. The number of likely N-dealkylation sites (tertiary alicyclic amines) is 1. The van der Waals surface area contributed by atoms with Gasteiger partial charge in [-0.3, -0.25) is 9.78 Å². The maximum Gasteiger partial charge on any atom is 0.227 e. The summed E-state index contributed by atoms with van der Waals surface area (Å²) >= 11 is 1.54. The minimum absolute atomic E-state index is 0.191. The highest BCUT2D eigenvalue weighted by atomic mass is 32.1. The summed E-state index contributed by atoms with van der Waals surface area (Å²) in [4.78, 5) is 27.8. The van der Waals surface area contributed by atoms with E-state index in [1.54, 1.807) is 11.7 Å². The molecule has 1 atom stereocenters. The van der Waals surface area contributed by atoms with E-state index in [4.69, 9.17) is 4.98 Å². The van der Waals surface area contributed by atoms with Crippen molar-refractivity contribution in [2.75, 3.05) is 13.1 Å². The lowest BCUT2D eigenvalue weighted by Crippen LogP contribution is -2.40. The highest BCUT2D eigenvalue weighted by Gasteiger charge is 2.27. The summed E-state index contributed by atoms with van der Waals surface area (Å²) < 4.78 is 0. The molecule has 0 saturated carbocycles. The number of hydrogen-bond donors (Lipinski definition) is 1. The van der Waals surface area contributed by atoms with E-state index >= 15 is 0 Å². The van der Waals surface area contributed by atoms with E-state index in [-0.39, 0.29) is 11.8 Å². The molecule has 1 fully saturated rings. The van der Waals surface area contributed by atoms with Crippen molar-refractivity contribution in [1.82, 2.24) is 19.9 Å². The minimum Gasteiger partial charge on any atom is -0.342 e. The van der Waals surface area contributed by atoms with Crippen molar-refractivity contribution in [3.05, 3.63) is 46.2 Å². The third-order valence-electron chi connectivity index (χ3n) is 4.63. The Kier molecular flexibility index (Phi) is 4.06. The van der Waals surface area contributed by atoms with Gasteiger partial charge in [0.15, 0.2) is 0 Å². The molecule has 2 aromatic heterocycles. The maximum atomic E-state index is 12.5. The number of H-pyrrole nitrogens is 1. The molecule has 1 N–H and O–H groups in total. The number of aromatic nitrogens is 3. The van der Waals surface area contributed by atoms with Crippen molar-refractivity contribution in [1.29, 1.82) is 0 Å². The van der Waals surface area contributed by atoms with E-state index in [2.05, 4.69) is 35.1 Å². The van der Waals surface area contributed by atoms with Crippen molar-refractivity contribution >= 4 is 28.3 Å². The van der Waals surface area contributed by atoms with Crippen molar-refractivity contribution in [2.24, 2.45) is 0 Å². The second-order valence-corrected chi connectivity index (χ2v) is 7.44. The Morgan fingerprint density at radius 2 is 2.38 bits per heavy atom. The summed E-state index contributed by atoms with van der Waals surface area (Å²) in [5.41, 5.74) is 5.09. The van der Waals surface area contributed by atoms with Gasteiger partial charge in [-0.1, -0.05) is 6.07 Å². The SMILES string of the molecule is Cc1ccc2nc(C3CCCN(C(=O)Cc4cncs4)C3)[nH]c2c1. The van der Waals surface area contributed by atoms with Crippen molar-refractivity contribution in [3.63, 3.8) is 0 Å². The smallest absolute Gasteiger partial charge is 0.227 e. The number of carbonyl (C=O) groups excluding carboxylic acids is 1. The molecule has 0 radical (unpaired) electrons. The number of piperidine rings is 1. The summed E-state index contributed by atoms with van der Waals surface area (Å²) in [7, 11) is 0. The molecule has 3 aromatic rings. The molecule has 24 heavy (non-hydrogen) atoms. The summed E-state index contributed by atoms with van der Waals surface area (Å²) in [6, 6.07) is 6.26. The maximum absolute atomic E-state index is 12.5. The molecule has 0 spiro atoms. The van der Waals surface area contributed by atoms with E-state index < -0.39 is 0 Å². The van der Waals surface area contributed by atoms with Crippen LogP contribution in [0, 0.1) is 6.92 Å². The number of fused-ring (bicyclic) bond motifs is 1. The van der Waals surface area contributed by atoms with Crippen LogP contribution in [0.4, 0.5) is 0 Å². The van der Waals surface area contributed by atoms with Gasteiger partial charge in [-0.05, 0) is 37.5 Å². The average molecular weight is 340 g/mol. The van der Waals surface area contributed by atoms with Crippen LogP contribution in [0.3, 0.4) is 0 Å². The predicted octanol–water partition coefficient (Wildman–Crippen LogP) is 3.28. The molecule has 1 saturated heterocycles. The van der Waals surface area contributed by atoms with E-state index in [1.807, 2.05) is 4.90 Å². The fraction of sp³-hybridized carbons (Fsp3) is 0.389. The van der Waals surface area contributed by atoms with Gasteiger partial charge in [-0.25, -0.2) is 4.98 Å². The van der Waals surface area contributed by atoms with Gasteiger partial charge in [0.05, 0.1) is 23.0 Å². The normalized spacial score (nSPS) is 18.2. The van der Waals surface area contributed by atoms with Gasteiger partial charge in [-0.15, -0.1) is 11.3 Å². The first-order valence-corrected chi connectivity index (χ1v) is 9.18. The Morgan fingerprint density at radius 3 is 3.21 bits per heavy atom. The second kappa shape index (κ2) is 6.36. The zero-order chi connectivity index (χ0) is 16.5. The highest BCUT2D eigenvalue weighted by Crippen LogP contribution is 2.27. The van der Waals surface area contributed by atoms with Crippen molar-refractivity contribution < 1.29 is 4.79 Å². The number of benzene rings is 1. The molecule has 1 aliphatic rings. The molecule has 1 amide bonds. The number of nitrogens with one attached hydrogen (secondary N) is 1. The fourth-order valence-corrected chi connectivity index (χ4v) is 3.94. The predicted molar refractivity (Wildman–Crippen MR) is 95.2 cm³/mol. The number of imidazole rings is 1. The van der Waals surface area contributed by atoms with Crippen LogP contribution < -0.4 is 0 Å². The number of aromatic amines is 1. The zero-order valence-electron chi connectivity index (χ0n) is 13.7. The fourth-order valence-electron chi connectivity index (χ4n) is 3.35. The molecule has 0 aliphatic carbocycles.